The van der Waals surface area contributed by atoms with E-state index in [9.17, 15) is 9.59 Å². The van der Waals surface area contributed by atoms with Gasteiger partial charge in [0.25, 0.3) is 5.91 Å². The second-order valence-electron chi connectivity index (χ2n) is 9.19. The molecule has 9 heteroatoms. The Morgan fingerprint density at radius 2 is 1.71 bits per heavy atom. The largest absolute Gasteiger partial charge is 0.327 e. The van der Waals surface area contributed by atoms with Crippen LogP contribution >= 0.6 is 0 Å². The SMILES string of the molecule is CN(CCN1N=C(c2ccccc2)CN2C3C(=O)N(C)C(=O)N(C)C3NC12)Cc1ccccc1. The van der Waals surface area contributed by atoms with Crippen LogP contribution in [0.1, 0.15) is 11.1 Å². The Bertz CT molecular complexity index is 1080. The Morgan fingerprint density at radius 3 is 2.41 bits per heavy atom. The molecule has 0 spiro atoms. The van der Waals surface area contributed by atoms with Crippen molar-refractivity contribution < 1.29 is 9.59 Å². The molecule has 2 saturated heterocycles. The number of rotatable bonds is 6. The number of likely N-dealkylation sites (N-methyl/N-ethyl adjacent to an activating group) is 3. The van der Waals surface area contributed by atoms with Gasteiger partial charge in [-0.1, -0.05) is 60.7 Å². The summed E-state index contributed by atoms with van der Waals surface area (Å²) in [6.45, 7) is 2.84. The number of carbonyl (C=O) groups excluding carboxylic acids is 2. The molecule has 2 fully saturated rings. The molecule has 2 aromatic rings. The van der Waals surface area contributed by atoms with E-state index in [1.165, 1.54) is 10.5 Å². The summed E-state index contributed by atoms with van der Waals surface area (Å²) in [4.78, 5) is 33.0. The predicted molar refractivity (Wildman–Crippen MR) is 130 cm³/mol. The van der Waals surface area contributed by atoms with E-state index >= 15 is 0 Å². The molecule has 9 nitrogen and oxygen atoms in total. The van der Waals surface area contributed by atoms with Crippen molar-refractivity contribution in [1.29, 1.82) is 0 Å². The first-order valence-corrected chi connectivity index (χ1v) is 11.6. The zero-order valence-corrected chi connectivity index (χ0v) is 19.8. The normalized spacial score (nSPS) is 25.0. The summed E-state index contributed by atoms with van der Waals surface area (Å²) >= 11 is 0. The molecule has 0 bridgehead atoms. The fourth-order valence-electron chi connectivity index (χ4n) is 4.98. The van der Waals surface area contributed by atoms with Crippen molar-refractivity contribution in [3.8, 4) is 0 Å². The van der Waals surface area contributed by atoms with Gasteiger partial charge in [0.2, 0.25) is 0 Å². The molecule has 178 valence electrons. The number of hydrogen-bond donors (Lipinski definition) is 1. The minimum atomic E-state index is -0.462. The lowest BCUT2D eigenvalue weighted by molar-refractivity contribution is -0.137. The van der Waals surface area contributed by atoms with Gasteiger partial charge in [-0.25, -0.2) is 9.69 Å². The zero-order chi connectivity index (χ0) is 23.8. The van der Waals surface area contributed by atoms with Gasteiger partial charge in [0.05, 0.1) is 12.3 Å². The highest BCUT2D eigenvalue weighted by Gasteiger charge is 2.55. The van der Waals surface area contributed by atoms with Gasteiger partial charge in [-0.05, 0) is 18.2 Å². The highest BCUT2D eigenvalue weighted by molar-refractivity contribution is 6.04. The number of carbonyl (C=O) groups is 2. The lowest BCUT2D eigenvalue weighted by Gasteiger charge is -2.41. The molecule has 3 aliphatic rings. The number of imide groups is 1. The molecular formula is C25H31N7O2. The third-order valence-corrected chi connectivity index (χ3v) is 6.86. The first-order chi connectivity index (χ1) is 16.4. The Balaban J connectivity index is 1.39. The lowest BCUT2D eigenvalue weighted by atomic mass is 10.1. The molecular weight excluding hydrogens is 430 g/mol. The quantitative estimate of drug-likeness (QED) is 0.698. The summed E-state index contributed by atoms with van der Waals surface area (Å²) in [7, 11) is 5.39. The summed E-state index contributed by atoms with van der Waals surface area (Å²) in [5.41, 5.74) is 3.21. The first kappa shape index (κ1) is 22.5. The average molecular weight is 462 g/mol. The molecule has 0 aliphatic carbocycles. The van der Waals surface area contributed by atoms with E-state index in [2.05, 4.69) is 46.4 Å². The van der Waals surface area contributed by atoms with Crippen LogP contribution in [0.25, 0.3) is 0 Å². The summed E-state index contributed by atoms with van der Waals surface area (Å²) in [5, 5.41) is 10.5. The monoisotopic (exact) mass is 461 g/mol. The number of fused-ring (bicyclic) bond motifs is 3. The van der Waals surface area contributed by atoms with Crippen molar-refractivity contribution in [2.75, 3.05) is 40.8 Å². The molecule has 0 aromatic heterocycles. The second kappa shape index (κ2) is 9.17. The van der Waals surface area contributed by atoms with Gasteiger partial charge >= 0.3 is 6.03 Å². The molecule has 3 aliphatic heterocycles. The van der Waals surface area contributed by atoms with Crippen LogP contribution < -0.4 is 5.32 Å². The minimum absolute atomic E-state index is 0.182. The fraction of sp³-hybridized carbons (Fsp3) is 0.400. The standard InChI is InChI=1S/C25H31N7O2/c1-28(16-18-10-6-4-7-11-18)14-15-32-24-26-22-21(23(33)30(3)25(34)29(22)2)31(24)17-20(27-32)19-12-8-5-9-13-19/h4-13,21-22,24,26H,14-17H2,1-3H3. The number of amides is 3. The molecule has 0 radical (unpaired) electrons. The van der Waals surface area contributed by atoms with Gasteiger partial charge in [0.15, 0.2) is 6.29 Å². The summed E-state index contributed by atoms with van der Waals surface area (Å²) in [6.07, 6.45) is -0.658. The third-order valence-electron chi connectivity index (χ3n) is 6.86. The van der Waals surface area contributed by atoms with Gasteiger partial charge in [-0.15, -0.1) is 0 Å². The minimum Gasteiger partial charge on any atom is -0.310 e. The molecule has 2 aromatic carbocycles. The van der Waals surface area contributed by atoms with Crippen molar-refractivity contribution >= 4 is 17.6 Å². The number of benzene rings is 2. The maximum atomic E-state index is 13.2. The summed E-state index contributed by atoms with van der Waals surface area (Å²) < 4.78 is 0. The van der Waals surface area contributed by atoms with Crippen LogP contribution in [0.15, 0.2) is 65.8 Å². The molecule has 3 amide bonds. The Hall–Kier alpha value is -3.27. The first-order valence-electron chi connectivity index (χ1n) is 11.6. The number of urea groups is 1. The number of nitrogens with zero attached hydrogens (tertiary/aromatic N) is 6. The van der Waals surface area contributed by atoms with Crippen LogP contribution in [0, 0.1) is 0 Å². The maximum absolute atomic E-state index is 13.2. The Morgan fingerprint density at radius 1 is 1.03 bits per heavy atom. The smallest absolute Gasteiger partial charge is 0.310 e. The van der Waals surface area contributed by atoms with Crippen LogP contribution in [0.2, 0.25) is 0 Å². The highest BCUT2D eigenvalue weighted by atomic mass is 16.2. The number of hydrogen-bond acceptors (Lipinski definition) is 7. The second-order valence-corrected chi connectivity index (χ2v) is 9.19. The Labute approximate surface area is 200 Å². The van der Waals surface area contributed by atoms with Crippen LogP contribution in [0.5, 0.6) is 0 Å². The van der Waals surface area contributed by atoms with Gasteiger partial charge < -0.3 is 9.80 Å². The molecule has 3 heterocycles. The van der Waals surface area contributed by atoms with Gasteiger partial charge in [-0.3, -0.25) is 20.0 Å². The van der Waals surface area contributed by atoms with E-state index in [1.807, 2.05) is 41.4 Å². The highest BCUT2D eigenvalue weighted by Crippen LogP contribution is 2.30. The average Bonchev–Trinajstić information content (AvgIpc) is 3.26. The molecule has 3 atom stereocenters. The molecule has 0 saturated carbocycles. The van der Waals surface area contributed by atoms with E-state index in [-0.39, 0.29) is 18.2 Å². The number of hydrazone groups is 1. The van der Waals surface area contributed by atoms with Crippen LogP contribution in [-0.4, -0.2) is 102 Å². The van der Waals surface area contributed by atoms with Gasteiger partial charge in [0, 0.05) is 33.7 Å². The van der Waals surface area contributed by atoms with Gasteiger partial charge in [-0.2, -0.15) is 5.10 Å². The van der Waals surface area contributed by atoms with E-state index < -0.39 is 12.2 Å². The van der Waals surface area contributed by atoms with E-state index in [1.54, 1.807) is 19.0 Å². The van der Waals surface area contributed by atoms with Crippen molar-refractivity contribution in [2.24, 2.45) is 5.10 Å². The molecule has 34 heavy (non-hydrogen) atoms. The van der Waals surface area contributed by atoms with Crippen molar-refractivity contribution in [1.82, 2.24) is 29.9 Å². The molecule has 1 N–H and O–H groups in total. The van der Waals surface area contributed by atoms with Crippen molar-refractivity contribution in [2.45, 2.75) is 25.0 Å². The van der Waals surface area contributed by atoms with Crippen LogP contribution in [0.4, 0.5) is 4.79 Å². The number of nitrogens with one attached hydrogen (secondary N) is 1. The summed E-state index contributed by atoms with van der Waals surface area (Å²) in [5.74, 6) is -0.182. The van der Waals surface area contributed by atoms with E-state index in [4.69, 9.17) is 5.10 Å². The van der Waals surface area contributed by atoms with E-state index in [0.717, 1.165) is 24.4 Å². The van der Waals surface area contributed by atoms with Crippen molar-refractivity contribution in [3.63, 3.8) is 0 Å². The van der Waals surface area contributed by atoms with E-state index in [0.29, 0.717) is 13.1 Å². The molecule has 5 rings (SSSR count). The van der Waals surface area contributed by atoms with Crippen molar-refractivity contribution in [3.05, 3.63) is 71.8 Å². The van der Waals surface area contributed by atoms with Crippen LogP contribution in [0.3, 0.4) is 0 Å². The zero-order valence-electron chi connectivity index (χ0n) is 19.8. The lowest BCUT2D eigenvalue weighted by Crippen LogP contribution is -2.65. The fourth-order valence-corrected chi connectivity index (χ4v) is 4.98. The Kier molecular flexibility index (Phi) is 6.07. The summed E-state index contributed by atoms with van der Waals surface area (Å²) in [6, 6.07) is 19.7. The third kappa shape index (κ3) is 4.06. The predicted octanol–water partition coefficient (Wildman–Crippen LogP) is 1.25. The van der Waals surface area contributed by atoms with Gasteiger partial charge in [0.1, 0.15) is 12.2 Å². The topological polar surface area (TPSA) is 74.7 Å². The van der Waals surface area contributed by atoms with Crippen LogP contribution in [-0.2, 0) is 11.3 Å². The molecule has 3 unspecified atom stereocenters. The maximum Gasteiger partial charge on any atom is 0.327 e.